The molecule has 0 spiro atoms. The summed E-state index contributed by atoms with van der Waals surface area (Å²) in [5.74, 6) is 0.312. The van der Waals surface area contributed by atoms with Gasteiger partial charge < -0.3 is 4.74 Å². The van der Waals surface area contributed by atoms with Gasteiger partial charge in [-0.1, -0.05) is 35.3 Å². The molecule has 4 nitrogen and oxygen atoms in total. The highest BCUT2D eigenvalue weighted by atomic mass is 35.5. The molecule has 7 heteroatoms. The van der Waals surface area contributed by atoms with Crippen molar-refractivity contribution in [2.75, 3.05) is 18.0 Å². The van der Waals surface area contributed by atoms with E-state index >= 15 is 0 Å². The van der Waals surface area contributed by atoms with Crippen molar-refractivity contribution in [3.63, 3.8) is 0 Å². The van der Waals surface area contributed by atoms with Gasteiger partial charge in [-0.05, 0) is 49.2 Å². The van der Waals surface area contributed by atoms with Crippen molar-refractivity contribution in [3.05, 3.63) is 64.2 Å². The fraction of sp³-hybridized carbons (Fsp3) is 0.222. The molecule has 0 radical (unpaired) electrons. The Bertz CT molecular complexity index is 891. The highest BCUT2D eigenvalue weighted by Crippen LogP contribution is 2.38. The van der Waals surface area contributed by atoms with Gasteiger partial charge in [0.25, 0.3) is 10.0 Å². The van der Waals surface area contributed by atoms with E-state index in [4.69, 9.17) is 27.9 Å². The summed E-state index contributed by atoms with van der Waals surface area (Å²) in [7, 11) is -2.50. The molecule has 0 aliphatic carbocycles. The van der Waals surface area contributed by atoms with Crippen LogP contribution in [0, 0.1) is 13.8 Å². The number of aryl methyl sites for hydroxylation is 2. The molecule has 0 bridgehead atoms. The van der Waals surface area contributed by atoms with Crippen molar-refractivity contribution >= 4 is 38.9 Å². The summed E-state index contributed by atoms with van der Waals surface area (Å²) < 4.78 is 32.8. The topological polar surface area (TPSA) is 46.6 Å². The Hall–Kier alpha value is -1.69. The second kappa shape index (κ2) is 7.68. The summed E-state index contributed by atoms with van der Waals surface area (Å²) in [6.07, 6.45) is 1.52. The first-order chi connectivity index (χ1) is 11.7. The molecule has 0 aliphatic heterocycles. The van der Waals surface area contributed by atoms with Gasteiger partial charge in [-0.3, -0.25) is 4.31 Å². The van der Waals surface area contributed by atoms with Gasteiger partial charge in [0.15, 0.2) is 0 Å². The zero-order valence-electron chi connectivity index (χ0n) is 14.2. The van der Waals surface area contributed by atoms with Gasteiger partial charge >= 0.3 is 0 Å². The third-order valence-corrected chi connectivity index (χ3v) is 6.40. The van der Waals surface area contributed by atoms with Gasteiger partial charge in [0, 0.05) is 0 Å². The summed E-state index contributed by atoms with van der Waals surface area (Å²) in [5.41, 5.74) is 2.46. The molecule has 0 atom stereocenters. The number of hydrogen-bond acceptors (Lipinski definition) is 3. The van der Waals surface area contributed by atoms with Crippen LogP contribution < -0.4 is 9.04 Å². The van der Waals surface area contributed by atoms with Gasteiger partial charge in [-0.2, -0.15) is 0 Å². The lowest BCUT2D eigenvalue weighted by Crippen LogP contribution is -2.31. The van der Waals surface area contributed by atoms with Gasteiger partial charge in [0.2, 0.25) is 0 Å². The molecule has 0 saturated heterocycles. The molecule has 2 aromatic rings. The maximum absolute atomic E-state index is 13.2. The van der Waals surface area contributed by atoms with Crippen molar-refractivity contribution in [3.8, 4) is 5.75 Å². The summed E-state index contributed by atoms with van der Waals surface area (Å²) >= 11 is 12.3. The molecule has 0 heterocycles. The summed E-state index contributed by atoms with van der Waals surface area (Å²) in [6.45, 7) is 7.58. The lowest BCUT2D eigenvalue weighted by molar-refractivity contribution is 0.414. The Labute approximate surface area is 158 Å². The summed E-state index contributed by atoms with van der Waals surface area (Å²) in [4.78, 5) is -0.0824. The third kappa shape index (κ3) is 3.94. The summed E-state index contributed by atoms with van der Waals surface area (Å²) in [6, 6.07) is 8.44. The van der Waals surface area contributed by atoms with Crippen LogP contribution in [0.2, 0.25) is 10.0 Å². The van der Waals surface area contributed by atoms with E-state index in [9.17, 15) is 8.42 Å². The number of hydrogen-bond donors (Lipinski definition) is 0. The van der Waals surface area contributed by atoms with Gasteiger partial charge in [0.05, 0.1) is 24.4 Å². The van der Waals surface area contributed by atoms with Crippen LogP contribution in [0.25, 0.3) is 0 Å². The maximum Gasteiger partial charge on any atom is 0.266 e. The van der Waals surface area contributed by atoms with E-state index in [0.717, 1.165) is 11.1 Å². The van der Waals surface area contributed by atoms with Crippen molar-refractivity contribution in [1.82, 2.24) is 0 Å². The Morgan fingerprint density at radius 2 is 1.72 bits per heavy atom. The first-order valence-electron chi connectivity index (χ1n) is 7.46. The lowest BCUT2D eigenvalue weighted by Gasteiger charge is -2.25. The van der Waals surface area contributed by atoms with Crippen LogP contribution in [0.15, 0.2) is 47.9 Å². The first-order valence-corrected chi connectivity index (χ1v) is 9.66. The van der Waals surface area contributed by atoms with Crippen LogP contribution in [0.4, 0.5) is 5.69 Å². The number of halogens is 2. The molecule has 0 aliphatic rings. The van der Waals surface area contributed by atoms with E-state index in [2.05, 4.69) is 6.58 Å². The zero-order chi connectivity index (χ0) is 18.8. The number of ether oxygens (including phenoxy) is 1. The van der Waals surface area contributed by atoms with Crippen LogP contribution in [0.3, 0.4) is 0 Å². The van der Waals surface area contributed by atoms with E-state index in [-0.39, 0.29) is 21.5 Å². The average molecular weight is 400 g/mol. The predicted molar refractivity (Wildman–Crippen MR) is 104 cm³/mol. The second-order valence-electron chi connectivity index (χ2n) is 5.56. The quantitative estimate of drug-likeness (QED) is 0.641. The Morgan fingerprint density at radius 1 is 1.12 bits per heavy atom. The molecule has 0 saturated carbocycles. The van der Waals surface area contributed by atoms with Crippen LogP contribution >= 0.6 is 23.2 Å². The minimum atomic E-state index is -3.94. The molecule has 0 fully saturated rings. The number of anilines is 1. The number of sulfonamides is 1. The summed E-state index contributed by atoms with van der Waals surface area (Å²) in [5, 5.41) is -0.0105. The van der Waals surface area contributed by atoms with E-state index < -0.39 is 10.0 Å². The number of benzene rings is 2. The molecular weight excluding hydrogens is 381 g/mol. The fourth-order valence-corrected chi connectivity index (χ4v) is 4.78. The molecule has 2 rings (SSSR count). The number of nitrogens with zero attached hydrogens (tertiary/aromatic N) is 1. The average Bonchev–Trinajstić information content (AvgIpc) is 2.53. The van der Waals surface area contributed by atoms with Gasteiger partial charge in [0.1, 0.15) is 15.7 Å². The molecule has 0 unspecified atom stereocenters. The normalized spacial score (nSPS) is 11.2. The standard InChI is InChI=1S/C18H19Cl2NO3S/c1-5-8-21(14-10-12(2)9-13(3)11-14)25(22,23)16-7-6-15(24-4)17(19)18(16)20/h5-7,9-11H,1,8H2,2-4H3. The number of rotatable bonds is 6. The molecule has 0 aromatic heterocycles. The van der Waals surface area contributed by atoms with E-state index in [1.165, 1.54) is 29.6 Å². The van der Waals surface area contributed by atoms with Crippen molar-refractivity contribution in [2.24, 2.45) is 0 Å². The van der Waals surface area contributed by atoms with Gasteiger partial charge in [-0.25, -0.2) is 8.42 Å². The third-order valence-electron chi connectivity index (χ3n) is 3.59. The van der Waals surface area contributed by atoms with Crippen molar-refractivity contribution in [2.45, 2.75) is 18.7 Å². The Morgan fingerprint density at radius 3 is 2.24 bits per heavy atom. The monoisotopic (exact) mass is 399 g/mol. The highest BCUT2D eigenvalue weighted by Gasteiger charge is 2.28. The first kappa shape index (κ1) is 19.6. The highest BCUT2D eigenvalue weighted by molar-refractivity contribution is 7.93. The lowest BCUT2D eigenvalue weighted by atomic mass is 10.1. The largest absolute Gasteiger partial charge is 0.495 e. The van der Waals surface area contributed by atoms with E-state index in [1.54, 1.807) is 12.1 Å². The molecule has 134 valence electrons. The molecular formula is C18H19Cl2NO3S. The van der Waals surface area contributed by atoms with Crippen LogP contribution in [0.1, 0.15) is 11.1 Å². The van der Waals surface area contributed by atoms with Crippen LogP contribution in [0.5, 0.6) is 5.75 Å². The molecule has 0 N–H and O–H groups in total. The van der Waals surface area contributed by atoms with Gasteiger partial charge in [-0.15, -0.1) is 6.58 Å². The van der Waals surface area contributed by atoms with E-state index in [1.807, 2.05) is 19.9 Å². The minimum absolute atomic E-state index is 0.0595. The smallest absolute Gasteiger partial charge is 0.266 e. The Kier molecular flexibility index (Phi) is 6.03. The minimum Gasteiger partial charge on any atom is -0.495 e. The van der Waals surface area contributed by atoms with Crippen molar-refractivity contribution < 1.29 is 13.2 Å². The zero-order valence-corrected chi connectivity index (χ0v) is 16.5. The molecule has 25 heavy (non-hydrogen) atoms. The van der Waals surface area contributed by atoms with Crippen LogP contribution in [-0.4, -0.2) is 22.1 Å². The number of methoxy groups -OCH3 is 1. The van der Waals surface area contributed by atoms with Crippen LogP contribution in [-0.2, 0) is 10.0 Å². The maximum atomic E-state index is 13.2. The Balaban J connectivity index is 2.65. The molecule has 0 amide bonds. The van der Waals surface area contributed by atoms with E-state index in [0.29, 0.717) is 11.4 Å². The predicted octanol–water partition coefficient (Wildman–Crippen LogP) is 5.00. The molecule has 2 aromatic carbocycles. The van der Waals surface area contributed by atoms with Crippen molar-refractivity contribution in [1.29, 1.82) is 0 Å². The fourth-order valence-electron chi connectivity index (χ4n) is 2.54. The second-order valence-corrected chi connectivity index (χ2v) is 8.15. The SMILES string of the molecule is C=CCN(c1cc(C)cc(C)c1)S(=O)(=O)c1ccc(OC)c(Cl)c1Cl.